The second kappa shape index (κ2) is 10.4. The van der Waals surface area contributed by atoms with Crippen molar-refractivity contribution >= 4 is 39.3 Å². The molecule has 2 atom stereocenters. The van der Waals surface area contributed by atoms with E-state index >= 15 is 0 Å². The summed E-state index contributed by atoms with van der Waals surface area (Å²) in [6, 6.07) is 9.66. The molecule has 0 fully saturated rings. The first-order chi connectivity index (χ1) is 15.6. The van der Waals surface area contributed by atoms with Gasteiger partial charge >= 0.3 is 0 Å². The molecule has 33 heavy (non-hydrogen) atoms. The minimum atomic E-state index is -3.94. The van der Waals surface area contributed by atoms with Crippen LogP contribution in [0.3, 0.4) is 0 Å². The second-order valence-corrected chi connectivity index (χ2v) is 11.0. The van der Waals surface area contributed by atoms with E-state index in [1.807, 2.05) is 17.7 Å². The number of nitriles is 1. The fourth-order valence-corrected chi connectivity index (χ4v) is 5.63. The predicted molar refractivity (Wildman–Crippen MR) is 126 cm³/mol. The van der Waals surface area contributed by atoms with Crippen molar-refractivity contribution in [3.05, 3.63) is 47.2 Å². The summed E-state index contributed by atoms with van der Waals surface area (Å²) in [7, 11) is -3.94. The number of thioether (sulfide) groups is 1. The van der Waals surface area contributed by atoms with Crippen LogP contribution in [0.1, 0.15) is 50.4 Å². The van der Waals surface area contributed by atoms with E-state index in [0.29, 0.717) is 28.6 Å². The molecule has 1 aromatic heterocycles. The number of fused-ring (bicyclic) bond motifs is 1. The zero-order chi connectivity index (χ0) is 24.2. The topological polar surface area (TPSA) is 129 Å². The number of carbonyl (C=O) groups excluding carboxylic acids is 2. The van der Waals surface area contributed by atoms with Gasteiger partial charge in [-0.3, -0.25) is 9.59 Å². The molecule has 1 heterocycles. The Balaban J connectivity index is 1.74. The third-order valence-electron chi connectivity index (χ3n) is 5.35. The lowest BCUT2D eigenvalue weighted by Gasteiger charge is -2.22. The molecule has 1 aromatic carbocycles. The van der Waals surface area contributed by atoms with Crippen molar-refractivity contribution in [2.75, 3.05) is 5.32 Å². The van der Waals surface area contributed by atoms with Gasteiger partial charge in [0.1, 0.15) is 11.1 Å². The lowest BCUT2D eigenvalue weighted by molar-refractivity contribution is -0.117. The maximum atomic E-state index is 12.9. The molecule has 0 bridgehead atoms. The molecule has 0 saturated heterocycles. The smallest absolute Gasteiger partial charge is 0.264 e. The van der Waals surface area contributed by atoms with Crippen molar-refractivity contribution in [3.8, 4) is 6.07 Å². The van der Waals surface area contributed by atoms with Crippen molar-refractivity contribution in [3.63, 3.8) is 0 Å². The SMILES string of the molecule is CCC(Sc1nc2c(cc1C#N)CC(C)CC2)C(=O)Nc1ccc(S(=O)(=O)NC(C)=O)cc1. The van der Waals surface area contributed by atoms with Crippen molar-refractivity contribution in [1.29, 1.82) is 5.26 Å². The van der Waals surface area contributed by atoms with E-state index in [4.69, 9.17) is 4.98 Å². The summed E-state index contributed by atoms with van der Waals surface area (Å²) in [6.07, 6.45) is 3.35. The van der Waals surface area contributed by atoms with Crippen molar-refractivity contribution < 1.29 is 18.0 Å². The monoisotopic (exact) mass is 486 g/mol. The van der Waals surface area contributed by atoms with E-state index in [0.717, 1.165) is 37.4 Å². The van der Waals surface area contributed by atoms with Gasteiger partial charge in [-0.15, -0.1) is 0 Å². The van der Waals surface area contributed by atoms with Crippen LogP contribution in [0.25, 0.3) is 0 Å². The molecule has 0 radical (unpaired) electrons. The highest BCUT2D eigenvalue weighted by Gasteiger charge is 2.24. The molecule has 0 saturated carbocycles. The number of nitrogens with one attached hydrogen (secondary N) is 2. The molecule has 3 rings (SSSR count). The van der Waals surface area contributed by atoms with E-state index in [-0.39, 0.29) is 10.8 Å². The van der Waals surface area contributed by atoms with Gasteiger partial charge in [-0.05, 0) is 67.5 Å². The minimum Gasteiger partial charge on any atom is -0.325 e. The minimum absolute atomic E-state index is 0.0802. The van der Waals surface area contributed by atoms with Crippen LogP contribution < -0.4 is 10.0 Å². The number of anilines is 1. The molecule has 0 spiro atoms. The van der Waals surface area contributed by atoms with Crippen LogP contribution in [0.2, 0.25) is 0 Å². The third-order valence-corrected chi connectivity index (χ3v) is 8.16. The Morgan fingerprint density at radius 2 is 2.00 bits per heavy atom. The zero-order valence-corrected chi connectivity index (χ0v) is 20.3. The molecular formula is C23H26N4O4S2. The Morgan fingerprint density at radius 1 is 1.30 bits per heavy atom. The predicted octanol–water partition coefficient (Wildman–Crippen LogP) is 3.41. The highest BCUT2D eigenvalue weighted by molar-refractivity contribution is 8.00. The lowest BCUT2D eigenvalue weighted by Crippen LogP contribution is -2.28. The van der Waals surface area contributed by atoms with Gasteiger partial charge in [-0.1, -0.05) is 25.6 Å². The highest BCUT2D eigenvalue weighted by atomic mass is 32.2. The quantitative estimate of drug-likeness (QED) is 0.574. The van der Waals surface area contributed by atoms with Crippen molar-refractivity contribution in [2.24, 2.45) is 5.92 Å². The molecule has 2 aromatic rings. The maximum Gasteiger partial charge on any atom is 0.264 e. The number of amides is 2. The summed E-state index contributed by atoms with van der Waals surface area (Å²) in [5, 5.41) is 12.5. The summed E-state index contributed by atoms with van der Waals surface area (Å²) in [4.78, 5) is 28.6. The van der Waals surface area contributed by atoms with E-state index in [1.54, 1.807) is 0 Å². The van der Waals surface area contributed by atoms with Crippen LogP contribution >= 0.6 is 11.8 Å². The van der Waals surface area contributed by atoms with E-state index in [9.17, 15) is 23.3 Å². The fourth-order valence-electron chi connectivity index (χ4n) is 3.64. The number of aryl methyl sites for hydroxylation is 1. The van der Waals surface area contributed by atoms with E-state index in [2.05, 4.69) is 18.3 Å². The van der Waals surface area contributed by atoms with Gasteiger partial charge in [-0.2, -0.15) is 5.26 Å². The number of pyridine rings is 1. The summed E-state index contributed by atoms with van der Waals surface area (Å²) in [5.74, 6) is -0.382. The first-order valence-electron chi connectivity index (χ1n) is 10.7. The lowest BCUT2D eigenvalue weighted by atomic mass is 9.87. The Labute approximate surface area is 198 Å². The Bertz CT molecular complexity index is 1200. The number of hydrogen-bond donors (Lipinski definition) is 2. The van der Waals surface area contributed by atoms with Crippen LogP contribution in [-0.4, -0.2) is 30.5 Å². The van der Waals surface area contributed by atoms with E-state index in [1.165, 1.54) is 36.0 Å². The Hall–Kier alpha value is -2.90. The van der Waals surface area contributed by atoms with Crippen molar-refractivity contribution in [2.45, 2.75) is 61.6 Å². The fraction of sp³-hybridized carbons (Fsp3) is 0.391. The van der Waals surface area contributed by atoms with Crippen molar-refractivity contribution in [1.82, 2.24) is 9.71 Å². The first-order valence-corrected chi connectivity index (χ1v) is 13.0. The standard InChI is InChI=1S/C23H26N4O4S2/c1-4-21(32-23-17(13-24)12-16-11-14(2)5-10-20(16)26-23)22(29)25-18-6-8-19(9-7-18)33(30,31)27-15(3)28/h6-9,12,14,21H,4-5,10-11H2,1-3H3,(H,25,29)(H,27,28). The van der Waals surface area contributed by atoms with Gasteiger partial charge in [0, 0.05) is 18.3 Å². The number of carbonyl (C=O) groups is 2. The van der Waals surface area contributed by atoms with Crippen LogP contribution in [0.4, 0.5) is 5.69 Å². The molecule has 8 nitrogen and oxygen atoms in total. The molecular weight excluding hydrogens is 460 g/mol. The first kappa shape index (κ1) is 24.7. The second-order valence-electron chi connectivity index (χ2n) is 8.10. The molecule has 10 heteroatoms. The van der Waals surface area contributed by atoms with Gasteiger partial charge in [0.2, 0.25) is 11.8 Å². The van der Waals surface area contributed by atoms with Gasteiger partial charge in [0.05, 0.1) is 15.7 Å². The summed E-state index contributed by atoms with van der Waals surface area (Å²) in [6.45, 7) is 5.19. The number of sulfonamides is 1. The summed E-state index contributed by atoms with van der Waals surface area (Å²) in [5.41, 5.74) is 3.02. The Morgan fingerprint density at radius 3 is 2.61 bits per heavy atom. The van der Waals surface area contributed by atoms with E-state index < -0.39 is 21.2 Å². The van der Waals surface area contributed by atoms with Crippen LogP contribution in [0.15, 0.2) is 40.3 Å². The number of rotatable bonds is 7. The van der Waals surface area contributed by atoms with Gasteiger partial charge in [-0.25, -0.2) is 18.1 Å². The highest BCUT2D eigenvalue weighted by Crippen LogP contribution is 2.32. The van der Waals surface area contributed by atoms with Gasteiger partial charge < -0.3 is 5.32 Å². The van der Waals surface area contributed by atoms with Crippen LogP contribution in [-0.2, 0) is 32.5 Å². The molecule has 2 amide bonds. The third kappa shape index (κ3) is 6.12. The molecule has 1 aliphatic carbocycles. The summed E-state index contributed by atoms with van der Waals surface area (Å²) >= 11 is 1.27. The van der Waals surface area contributed by atoms with Gasteiger partial charge in [0.15, 0.2) is 0 Å². The largest absolute Gasteiger partial charge is 0.325 e. The maximum absolute atomic E-state index is 12.9. The number of nitrogens with zero attached hydrogens (tertiary/aromatic N) is 2. The van der Waals surface area contributed by atoms with Crippen LogP contribution in [0.5, 0.6) is 0 Å². The average Bonchev–Trinajstić information content (AvgIpc) is 2.76. The zero-order valence-electron chi connectivity index (χ0n) is 18.7. The number of aromatic nitrogens is 1. The van der Waals surface area contributed by atoms with Gasteiger partial charge in [0.25, 0.3) is 10.0 Å². The molecule has 1 aliphatic rings. The summed E-state index contributed by atoms with van der Waals surface area (Å²) < 4.78 is 26.0. The van der Waals surface area contributed by atoms with Crippen LogP contribution in [0, 0.1) is 17.2 Å². The molecule has 2 N–H and O–H groups in total. The normalized spacial score (nSPS) is 16.2. The number of hydrogen-bond acceptors (Lipinski definition) is 7. The average molecular weight is 487 g/mol. The molecule has 2 unspecified atom stereocenters. The number of benzene rings is 1. The Kier molecular flexibility index (Phi) is 7.76. The molecule has 0 aliphatic heterocycles. The molecule has 174 valence electrons.